The molecule has 142 valence electrons. The number of nitrogens with zero attached hydrogens (tertiary/aromatic N) is 3. The molecule has 3 aromatic rings. The molecule has 0 saturated heterocycles. The van der Waals surface area contributed by atoms with Crippen LogP contribution in [0.1, 0.15) is 25.3 Å². The summed E-state index contributed by atoms with van der Waals surface area (Å²) in [7, 11) is 0. The van der Waals surface area contributed by atoms with Crippen molar-refractivity contribution in [1.29, 1.82) is 5.26 Å². The largest absolute Gasteiger partial charge is 0.336 e. The molecule has 0 radical (unpaired) electrons. The fourth-order valence-electron chi connectivity index (χ4n) is 3.50. The van der Waals surface area contributed by atoms with Crippen molar-refractivity contribution in [3.63, 3.8) is 0 Å². The molecule has 0 bridgehead atoms. The average molecular weight is 392 g/mol. The number of aryl methyl sites for hydroxylation is 1. The van der Waals surface area contributed by atoms with Gasteiger partial charge in [-0.15, -0.1) is 11.3 Å². The van der Waals surface area contributed by atoms with E-state index < -0.39 is 5.54 Å². The van der Waals surface area contributed by atoms with Crippen molar-refractivity contribution < 1.29 is 4.79 Å². The maximum absolute atomic E-state index is 13.0. The van der Waals surface area contributed by atoms with E-state index in [4.69, 9.17) is 0 Å². The van der Waals surface area contributed by atoms with E-state index in [1.165, 1.54) is 22.2 Å². The average Bonchev–Trinajstić information content (AvgIpc) is 3.49. The summed E-state index contributed by atoms with van der Waals surface area (Å²) in [5.74, 6) is -0.165. The highest BCUT2D eigenvalue weighted by Crippen LogP contribution is 2.39. The quantitative estimate of drug-likeness (QED) is 0.722. The number of fused-ring (bicyclic) bond motifs is 1. The number of hydrogen-bond acceptors (Lipinski definition) is 5. The number of nitrogens with one attached hydrogen (secondary N) is 1. The second-order valence-corrected chi connectivity index (χ2v) is 8.42. The van der Waals surface area contributed by atoms with Gasteiger partial charge in [-0.1, -0.05) is 30.3 Å². The van der Waals surface area contributed by atoms with Gasteiger partial charge in [-0.25, -0.2) is 4.98 Å². The van der Waals surface area contributed by atoms with Crippen LogP contribution in [-0.4, -0.2) is 21.0 Å². The Bertz CT molecular complexity index is 1150. The number of nitriles is 1. The first-order valence-electron chi connectivity index (χ1n) is 9.19. The first kappa shape index (κ1) is 18.4. The van der Waals surface area contributed by atoms with Gasteiger partial charge in [-0.05, 0) is 43.7 Å². The second kappa shape index (κ2) is 6.88. The van der Waals surface area contributed by atoms with Gasteiger partial charge < -0.3 is 5.32 Å². The fourth-order valence-corrected chi connectivity index (χ4v) is 4.65. The van der Waals surface area contributed by atoms with Gasteiger partial charge in [-0.2, -0.15) is 5.26 Å². The van der Waals surface area contributed by atoms with E-state index in [2.05, 4.69) is 16.4 Å². The molecule has 1 aromatic carbocycles. The van der Waals surface area contributed by atoms with Crippen molar-refractivity contribution in [1.82, 2.24) is 14.9 Å². The molecule has 1 atom stereocenters. The molecule has 0 spiro atoms. The first-order chi connectivity index (χ1) is 13.4. The van der Waals surface area contributed by atoms with Crippen LogP contribution in [0.3, 0.4) is 0 Å². The van der Waals surface area contributed by atoms with Crippen molar-refractivity contribution in [2.45, 2.75) is 38.8 Å². The molecule has 1 N–H and O–H groups in total. The van der Waals surface area contributed by atoms with Crippen molar-refractivity contribution in [2.75, 3.05) is 0 Å². The lowest BCUT2D eigenvalue weighted by atomic mass is 9.98. The normalized spacial score (nSPS) is 15.8. The molecule has 1 aliphatic rings. The van der Waals surface area contributed by atoms with Crippen LogP contribution in [0.4, 0.5) is 0 Å². The highest BCUT2D eigenvalue weighted by molar-refractivity contribution is 7.22. The zero-order chi connectivity index (χ0) is 19.9. The molecule has 2 aromatic heterocycles. The number of thiophene rings is 1. The third-order valence-electron chi connectivity index (χ3n) is 5.29. The Labute approximate surface area is 166 Å². The third-order valence-corrected chi connectivity index (χ3v) is 6.54. The Morgan fingerprint density at radius 1 is 1.39 bits per heavy atom. The second-order valence-electron chi connectivity index (χ2n) is 7.42. The predicted octanol–water partition coefficient (Wildman–Crippen LogP) is 3.24. The number of amides is 1. The SMILES string of the molecule is Cc1c(-c2ccccc2)sc2ncn(CC(=O)N[C@@](C)(C#N)C3CC3)c(=O)c12. The number of carbonyl (C=O) groups is 1. The summed E-state index contributed by atoms with van der Waals surface area (Å²) in [5.41, 5.74) is 0.803. The van der Waals surface area contributed by atoms with Gasteiger partial charge in [0.25, 0.3) is 5.56 Å². The smallest absolute Gasteiger partial charge is 0.262 e. The Morgan fingerprint density at radius 3 is 2.75 bits per heavy atom. The van der Waals surface area contributed by atoms with Crippen molar-refractivity contribution in [3.8, 4) is 16.5 Å². The zero-order valence-corrected chi connectivity index (χ0v) is 16.5. The van der Waals surface area contributed by atoms with Crippen LogP contribution in [0.2, 0.25) is 0 Å². The number of aromatic nitrogens is 2. The minimum atomic E-state index is -0.878. The fraction of sp³-hybridized carbons (Fsp3) is 0.333. The molecule has 1 saturated carbocycles. The summed E-state index contributed by atoms with van der Waals surface area (Å²) in [5, 5.41) is 12.7. The molecular formula is C21H20N4O2S. The maximum Gasteiger partial charge on any atom is 0.262 e. The molecule has 0 unspecified atom stereocenters. The van der Waals surface area contributed by atoms with E-state index in [1.807, 2.05) is 37.3 Å². The van der Waals surface area contributed by atoms with Gasteiger partial charge >= 0.3 is 0 Å². The lowest BCUT2D eigenvalue weighted by Crippen LogP contribution is -2.48. The Hall–Kier alpha value is -2.98. The van der Waals surface area contributed by atoms with Crippen LogP contribution in [0, 0.1) is 24.2 Å². The van der Waals surface area contributed by atoms with Gasteiger partial charge in [-0.3, -0.25) is 14.2 Å². The van der Waals surface area contributed by atoms with Crippen LogP contribution in [0.25, 0.3) is 20.7 Å². The van der Waals surface area contributed by atoms with Crippen LogP contribution >= 0.6 is 11.3 Å². The topological polar surface area (TPSA) is 87.8 Å². The zero-order valence-electron chi connectivity index (χ0n) is 15.7. The number of benzene rings is 1. The predicted molar refractivity (Wildman–Crippen MR) is 109 cm³/mol. The molecule has 0 aliphatic heterocycles. The van der Waals surface area contributed by atoms with E-state index in [9.17, 15) is 14.9 Å². The summed E-state index contributed by atoms with van der Waals surface area (Å²) in [6.45, 7) is 3.50. The highest BCUT2D eigenvalue weighted by Gasteiger charge is 2.43. The minimum absolute atomic E-state index is 0.151. The van der Waals surface area contributed by atoms with E-state index in [0.29, 0.717) is 10.2 Å². The molecule has 1 amide bonds. The third kappa shape index (κ3) is 3.20. The lowest BCUT2D eigenvalue weighted by Gasteiger charge is -2.23. The summed E-state index contributed by atoms with van der Waals surface area (Å²) in [6, 6.07) is 12.1. The molecule has 2 heterocycles. The Kier molecular flexibility index (Phi) is 4.52. The Balaban J connectivity index is 1.65. The van der Waals surface area contributed by atoms with Gasteiger partial charge in [0.2, 0.25) is 5.91 Å². The first-order valence-corrected chi connectivity index (χ1v) is 10.0. The summed E-state index contributed by atoms with van der Waals surface area (Å²) in [4.78, 5) is 31.5. The molecule has 1 fully saturated rings. The van der Waals surface area contributed by atoms with Crippen molar-refractivity contribution in [2.24, 2.45) is 5.92 Å². The van der Waals surface area contributed by atoms with Gasteiger partial charge in [0.1, 0.15) is 16.9 Å². The van der Waals surface area contributed by atoms with E-state index >= 15 is 0 Å². The minimum Gasteiger partial charge on any atom is -0.336 e. The molecule has 1 aliphatic carbocycles. The van der Waals surface area contributed by atoms with E-state index in [0.717, 1.165) is 28.8 Å². The standard InChI is InChI=1S/C21H20N4O2S/c1-13-17-19(28-18(13)14-6-4-3-5-7-14)23-12-25(20(17)27)10-16(26)24-21(2,11-22)15-8-9-15/h3-7,12,15H,8-10H2,1-2H3,(H,24,26)/t21-/m0/s1. The lowest BCUT2D eigenvalue weighted by molar-refractivity contribution is -0.123. The molecule has 6 nitrogen and oxygen atoms in total. The molecule has 7 heteroatoms. The summed E-state index contributed by atoms with van der Waals surface area (Å²) >= 11 is 1.48. The molecule has 28 heavy (non-hydrogen) atoms. The number of rotatable bonds is 5. The van der Waals surface area contributed by atoms with Crippen LogP contribution in [0.15, 0.2) is 41.5 Å². The van der Waals surface area contributed by atoms with Crippen LogP contribution < -0.4 is 10.9 Å². The van der Waals surface area contributed by atoms with Crippen LogP contribution in [0.5, 0.6) is 0 Å². The molecule has 4 rings (SSSR count). The monoisotopic (exact) mass is 392 g/mol. The van der Waals surface area contributed by atoms with Crippen LogP contribution in [-0.2, 0) is 11.3 Å². The van der Waals surface area contributed by atoms with E-state index in [-0.39, 0.29) is 23.9 Å². The van der Waals surface area contributed by atoms with Gasteiger partial charge in [0, 0.05) is 4.88 Å². The molecular weight excluding hydrogens is 372 g/mol. The van der Waals surface area contributed by atoms with Gasteiger partial charge in [0.05, 0.1) is 17.8 Å². The number of carbonyl (C=O) groups excluding carboxylic acids is 1. The van der Waals surface area contributed by atoms with Crippen molar-refractivity contribution >= 4 is 27.5 Å². The van der Waals surface area contributed by atoms with E-state index in [1.54, 1.807) is 6.92 Å². The number of hydrogen-bond donors (Lipinski definition) is 1. The highest BCUT2D eigenvalue weighted by atomic mass is 32.1. The maximum atomic E-state index is 13.0. The Morgan fingerprint density at radius 2 is 2.11 bits per heavy atom. The summed E-state index contributed by atoms with van der Waals surface area (Å²) in [6.07, 6.45) is 3.29. The van der Waals surface area contributed by atoms with Crippen molar-refractivity contribution in [3.05, 3.63) is 52.6 Å². The summed E-state index contributed by atoms with van der Waals surface area (Å²) < 4.78 is 1.32. The van der Waals surface area contributed by atoms with Gasteiger partial charge in [0.15, 0.2) is 0 Å².